The van der Waals surface area contributed by atoms with Crippen LogP contribution in [0.15, 0.2) is 34.5 Å². The monoisotopic (exact) mass is 394 g/mol. The highest BCUT2D eigenvalue weighted by molar-refractivity contribution is 7.91. The molecule has 0 amide bonds. The molecular formula is C18H22N2O4S2. The number of rotatable bonds is 6. The van der Waals surface area contributed by atoms with Crippen LogP contribution in [0.1, 0.15) is 33.3 Å². The minimum atomic E-state index is -3.72. The summed E-state index contributed by atoms with van der Waals surface area (Å²) in [5.74, 6) is -0.588. The minimum absolute atomic E-state index is 0.0674. The second kappa shape index (κ2) is 7.87. The molecule has 2 aromatic rings. The van der Waals surface area contributed by atoms with E-state index in [0.717, 1.165) is 23.5 Å². The zero-order valence-electron chi connectivity index (χ0n) is 14.8. The van der Waals surface area contributed by atoms with Gasteiger partial charge >= 0.3 is 5.97 Å². The Hall–Kier alpha value is -1.74. The maximum absolute atomic E-state index is 12.5. The van der Waals surface area contributed by atoms with Crippen molar-refractivity contribution < 1.29 is 17.9 Å². The van der Waals surface area contributed by atoms with Crippen LogP contribution in [0.4, 0.5) is 0 Å². The topological polar surface area (TPSA) is 75.7 Å². The lowest BCUT2D eigenvalue weighted by Crippen LogP contribution is -2.30. The maximum atomic E-state index is 12.5. The summed E-state index contributed by atoms with van der Waals surface area (Å²) >= 11 is 1.17. The van der Waals surface area contributed by atoms with Crippen molar-refractivity contribution in [3.05, 3.63) is 51.9 Å². The highest BCUT2D eigenvalue weighted by Gasteiger charge is 2.33. The summed E-state index contributed by atoms with van der Waals surface area (Å²) < 4.78 is 32.5. The molecule has 0 saturated carbocycles. The number of fused-ring (bicyclic) bond motifs is 1. The fraction of sp³-hybridized carbons (Fsp3) is 0.389. The summed E-state index contributed by atoms with van der Waals surface area (Å²) in [5, 5.41) is 0. The number of benzene rings is 1. The SMILES string of the molecule is CCNS(=O)(=O)c1sc2c(c1C(=O)OC)CCN(Cc1ccccc1)C2. The number of ether oxygens (including phenoxy) is 1. The summed E-state index contributed by atoms with van der Waals surface area (Å²) in [4.78, 5) is 15.5. The number of carbonyl (C=O) groups is 1. The van der Waals surface area contributed by atoms with Crippen molar-refractivity contribution in [2.75, 3.05) is 20.2 Å². The van der Waals surface area contributed by atoms with E-state index in [0.29, 0.717) is 13.0 Å². The van der Waals surface area contributed by atoms with E-state index in [2.05, 4.69) is 21.8 Å². The molecule has 1 aliphatic rings. The molecule has 3 rings (SSSR count). The van der Waals surface area contributed by atoms with Gasteiger partial charge in [-0.1, -0.05) is 37.3 Å². The van der Waals surface area contributed by atoms with Gasteiger partial charge in [0.25, 0.3) is 10.0 Å². The number of nitrogens with zero attached hydrogens (tertiary/aromatic N) is 1. The summed E-state index contributed by atoms with van der Waals surface area (Å²) in [7, 11) is -2.44. The Morgan fingerprint density at radius 1 is 1.31 bits per heavy atom. The van der Waals surface area contributed by atoms with Gasteiger partial charge in [-0.15, -0.1) is 11.3 Å². The number of hydrogen-bond acceptors (Lipinski definition) is 6. The van der Waals surface area contributed by atoms with Crippen LogP contribution in [0.2, 0.25) is 0 Å². The molecule has 26 heavy (non-hydrogen) atoms. The van der Waals surface area contributed by atoms with Crippen LogP contribution in [0.3, 0.4) is 0 Å². The van der Waals surface area contributed by atoms with Crippen LogP contribution in [0.5, 0.6) is 0 Å². The molecular weight excluding hydrogens is 372 g/mol. The molecule has 1 aromatic heterocycles. The molecule has 0 fully saturated rings. The van der Waals surface area contributed by atoms with Gasteiger partial charge < -0.3 is 4.74 Å². The molecule has 0 saturated heterocycles. The average molecular weight is 395 g/mol. The van der Waals surface area contributed by atoms with E-state index in [1.54, 1.807) is 6.92 Å². The molecule has 0 bridgehead atoms. The first-order valence-corrected chi connectivity index (χ1v) is 10.7. The van der Waals surface area contributed by atoms with E-state index < -0.39 is 16.0 Å². The average Bonchev–Trinajstić information content (AvgIpc) is 3.01. The Morgan fingerprint density at radius 2 is 2.04 bits per heavy atom. The lowest BCUT2D eigenvalue weighted by molar-refractivity contribution is 0.0595. The van der Waals surface area contributed by atoms with Crippen molar-refractivity contribution in [1.82, 2.24) is 9.62 Å². The van der Waals surface area contributed by atoms with Gasteiger partial charge in [-0.3, -0.25) is 4.90 Å². The molecule has 0 atom stereocenters. The second-order valence-electron chi connectivity index (χ2n) is 6.11. The third-order valence-electron chi connectivity index (χ3n) is 4.32. The van der Waals surface area contributed by atoms with Gasteiger partial charge in [0.1, 0.15) is 4.21 Å². The number of hydrogen-bond donors (Lipinski definition) is 1. The standard InChI is InChI=1S/C18H22N2O4S2/c1-3-19-26(22,23)18-16(17(21)24-2)14-9-10-20(12-15(14)25-18)11-13-7-5-4-6-8-13/h4-8,19H,3,9-12H2,1-2H3. The Morgan fingerprint density at radius 3 is 2.69 bits per heavy atom. The summed E-state index contributed by atoms with van der Waals surface area (Å²) in [6.07, 6.45) is 0.630. The summed E-state index contributed by atoms with van der Waals surface area (Å²) in [5.41, 5.74) is 2.22. The molecule has 0 aliphatic carbocycles. The molecule has 1 aromatic carbocycles. The zero-order valence-corrected chi connectivity index (χ0v) is 16.5. The van der Waals surface area contributed by atoms with Gasteiger partial charge in [0, 0.05) is 31.1 Å². The number of thiophene rings is 1. The molecule has 140 valence electrons. The first-order chi connectivity index (χ1) is 12.5. The van der Waals surface area contributed by atoms with Crippen LogP contribution in [0, 0.1) is 0 Å². The minimum Gasteiger partial charge on any atom is -0.465 e. The molecule has 0 spiro atoms. The van der Waals surface area contributed by atoms with Crippen LogP contribution in [-0.2, 0) is 34.3 Å². The van der Waals surface area contributed by atoms with Crippen LogP contribution >= 0.6 is 11.3 Å². The van der Waals surface area contributed by atoms with E-state index in [9.17, 15) is 13.2 Å². The highest BCUT2D eigenvalue weighted by Crippen LogP contribution is 2.36. The van der Waals surface area contributed by atoms with Crippen molar-refractivity contribution in [1.29, 1.82) is 0 Å². The summed E-state index contributed by atoms with van der Waals surface area (Å²) in [6, 6.07) is 10.1. The van der Waals surface area contributed by atoms with Gasteiger partial charge in [0.05, 0.1) is 12.7 Å². The summed E-state index contributed by atoms with van der Waals surface area (Å²) in [6.45, 7) is 4.17. The predicted octanol–water partition coefficient (Wildman–Crippen LogP) is 2.39. The maximum Gasteiger partial charge on any atom is 0.340 e. The van der Waals surface area contributed by atoms with E-state index >= 15 is 0 Å². The molecule has 0 unspecified atom stereocenters. The van der Waals surface area contributed by atoms with E-state index in [4.69, 9.17) is 4.74 Å². The smallest absolute Gasteiger partial charge is 0.340 e. The molecule has 1 aliphatic heterocycles. The van der Waals surface area contributed by atoms with Gasteiger partial charge in [-0.2, -0.15) is 0 Å². The number of carbonyl (C=O) groups excluding carboxylic acids is 1. The van der Waals surface area contributed by atoms with Crippen molar-refractivity contribution in [2.24, 2.45) is 0 Å². The van der Waals surface area contributed by atoms with E-state index in [-0.39, 0.29) is 16.3 Å². The van der Waals surface area contributed by atoms with Gasteiger partial charge in [0.2, 0.25) is 0 Å². The quantitative estimate of drug-likeness (QED) is 0.762. The van der Waals surface area contributed by atoms with Crippen LogP contribution in [-0.4, -0.2) is 39.5 Å². The lowest BCUT2D eigenvalue weighted by Gasteiger charge is -2.27. The number of nitrogens with one attached hydrogen (secondary N) is 1. The Balaban J connectivity index is 1.93. The first-order valence-electron chi connectivity index (χ1n) is 8.45. The highest BCUT2D eigenvalue weighted by atomic mass is 32.2. The second-order valence-corrected chi connectivity index (χ2v) is 9.17. The van der Waals surface area contributed by atoms with Gasteiger partial charge in [-0.25, -0.2) is 17.9 Å². The first kappa shape index (κ1) is 19.0. The number of esters is 1. The third-order valence-corrected chi connectivity index (χ3v) is 7.60. The number of methoxy groups -OCH3 is 1. The van der Waals surface area contributed by atoms with E-state index in [1.165, 1.54) is 24.0 Å². The van der Waals surface area contributed by atoms with Crippen molar-refractivity contribution >= 4 is 27.3 Å². The van der Waals surface area contributed by atoms with Gasteiger partial charge in [-0.05, 0) is 17.5 Å². The van der Waals surface area contributed by atoms with E-state index in [1.807, 2.05) is 18.2 Å². The molecule has 8 heteroatoms. The Labute approximate surface area is 157 Å². The largest absolute Gasteiger partial charge is 0.465 e. The fourth-order valence-corrected chi connectivity index (χ4v) is 6.17. The Kier molecular flexibility index (Phi) is 5.76. The number of sulfonamides is 1. The normalized spacial score (nSPS) is 14.8. The van der Waals surface area contributed by atoms with Crippen LogP contribution < -0.4 is 4.72 Å². The molecule has 1 N–H and O–H groups in total. The molecule has 6 nitrogen and oxygen atoms in total. The Bertz CT molecular complexity index is 891. The lowest BCUT2D eigenvalue weighted by atomic mass is 10.0. The van der Waals surface area contributed by atoms with Crippen molar-refractivity contribution in [2.45, 2.75) is 30.6 Å². The predicted molar refractivity (Wildman–Crippen MR) is 101 cm³/mol. The van der Waals surface area contributed by atoms with Crippen molar-refractivity contribution in [3.63, 3.8) is 0 Å². The van der Waals surface area contributed by atoms with Gasteiger partial charge in [0.15, 0.2) is 0 Å². The van der Waals surface area contributed by atoms with Crippen molar-refractivity contribution in [3.8, 4) is 0 Å². The van der Waals surface area contributed by atoms with Crippen LogP contribution in [0.25, 0.3) is 0 Å². The third kappa shape index (κ3) is 3.83. The zero-order chi connectivity index (χ0) is 18.7. The fourth-order valence-electron chi connectivity index (χ4n) is 3.16. The molecule has 2 heterocycles. The molecule has 0 radical (unpaired) electrons.